The molecular weight excluding hydrogens is 185 g/mol. The summed E-state index contributed by atoms with van der Waals surface area (Å²) in [6.45, 7) is 1.96. The summed E-state index contributed by atoms with van der Waals surface area (Å²) in [6.07, 6.45) is 0. The molecule has 0 heterocycles. The topological polar surface area (TPSA) is 52.3 Å². The van der Waals surface area contributed by atoms with Gasteiger partial charge < -0.3 is 10.5 Å². The van der Waals surface area contributed by atoms with Gasteiger partial charge in [0.25, 0.3) is 0 Å². The van der Waals surface area contributed by atoms with Gasteiger partial charge in [-0.3, -0.25) is 0 Å². The van der Waals surface area contributed by atoms with E-state index in [4.69, 9.17) is 10.5 Å². The van der Waals surface area contributed by atoms with Crippen LogP contribution in [0.25, 0.3) is 0 Å². The number of carbonyl (C=O) groups is 1. The summed E-state index contributed by atoms with van der Waals surface area (Å²) < 4.78 is 17.5. The largest absolute Gasteiger partial charge is 0.465 e. The van der Waals surface area contributed by atoms with Crippen molar-refractivity contribution in [1.82, 2.24) is 0 Å². The highest BCUT2D eigenvalue weighted by molar-refractivity contribution is 5.77. The van der Waals surface area contributed by atoms with Crippen LogP contribution in [0.4, 0.5) is 4.39 Å². The van der Waals surface area contributed by atoms with Crippen LogP contribution in [0.2, 0.25) is 0 Å². The third-order valence-electron chi connectivity index (χ3n) is 1.75. The van der Waals surface area contributed by atoms with E-state index in [-0.39, 0.29) is 6.61 Å². The van der Waals surface area contributed by atoms with Gasteiger partial charge in [0.1, 0.15) is 11.9 Å². The zero-order valence-corrected chi connectivity index (χ0v) is 7.87. The lowest BCUT2D eigenvalue weighted by Crippen LogP contribution is -2.23. The molecule has 0 aliphatic carbocycles. The number of rotatable bonds is 3. The lowest BCUT2D eigenvalue weighted by atomic mass is 10.1. The van der Waals surface area contributed by atoms with Gasteiger partial charge in [0.15, 0.2) is 0 Å². The van der Waals surface area contributed by atoms with Crippen LogP contribution < -0.4 is 5.73 Å². The van der Waals surface area contributed by atoms with Crippen molar-refractivity contribution in [1.29, 1.82) is 0 Å². The van der Waals surface area contributed by atoms with Gasteiger partial charge in [-0.15, -0.1) is 0 Å². The normalized spacial score (nSPS) is 12.2. The van der Waals surface area contributed by atoms with Crippen molar-refractivity contribution < 1.29 is 13.9 Å². The minimum atomic E-state index is -0.911. The first-order valence-corrected chi connectivity index (χ1v) is 4.33. The third-order valence-corrected chi connectivity index (χ3v) is 1.75. The Kier molecular flexibility index (Phi) is 3.59. The molecule has 0 spiro atoms. The van der Waals surface area contributed by atoms with Crippen LogP contribution in [0.5, 0.6) is 0 Å². The van der Waals surface area contributed by atoms with Crippen LogP contribution in [-0.4, -0.2) is 12.6 Å². The summed E-state index contributed by atoms with van der Waals surface area (Å²) in [4.78, 5) is 11.2. The van der Waals surface area contributed by atoms with E-state index in [9.17, 15) is 9.18 Å². The predicted molar refractivity (Wildman–Crippen MR) is 50.0 cm³/mol. The molecule has 1 aromatic rings. The van der Waals surface area contributed by atoms with Crippen molar-refractivity contribution in [2.45, 2.75) is 13.0 Å². The molecule has 1 atom stereocenters. The molecule has 0 aromatic heterocycles. The van der Waals surface area contributed by atoms with Crippen molar-refractivity contribution in [2.24, 2.45) is 5.73 Å². The van der Waals surface area contributed by atoms with Crippen LogP contribution in [-0.2, 0) is 9.53 Å². The smallest absolute Gasteiger partial charge is 0.327 e. The minimum absolute atomic E-state index is 0.266. The molecule has 0 unspecified atom stereocenters. The number of carbonyl (C=O) groups excluding carboxylic acids is 1. The van der Waals surface area contributed by atoms with Crippen LogP contribution in [0.1, 0.15) is 18.5 Å². The zero-order valence-electron chi connectivity index (χ0n) is 7.87. The fourth-order valence-electron chi connectivity index (χ4n) is 1.07. The molecule has 0 aliphatic heterocycles. The Morgan fingerprint density at radius 1 is 1.64 bits per heavy atom. The first kappa shape index (κ1) is 10.7. The van der Waals surface area contributed by atoms with Gasteiger partial charge >= 0.3 is 5.97 Å². The number of benzene rings is 1. The van der Waals surface area contributed by atoms with E-state index >= 15 is 0 Å². The number of hydrogen-bond donors (Lipinski definition) is 1. The Hall–Kier alpha value is -1.42. The van der Waals surface area contributed by atoms with E-state index in [0.717, 1.165) is 0 Å². The summed E-state index contributed by atoms with van der Waals surface area (Å²) in [6, 6.07) is 4.70. The second-order valence-corrected chi connectivity index (χ2v) is 2.78. The lowest BCUT2D eigenvalue weighted by molar-refractivity contribution is -0.144. The van der Waals surface area contributed by atoms with Crippen molar-refractivity contribution >= 4 is 5.97 Å². The second kappa shape index (κ2) is 4.72. The highest BCUT2D eigenvalue weighted by Gasteiger charge is 2.16. The summed E-state index contributed by atoms with van der Waals surface area (Å²) in [7, 11) is 0. The maximum absolute atomic E-state index is 12.8. The highest BCUT2D eigenvalue weighted by Crippen LogP contribution is 2.12. The number of nitrogens with two attached hydrogens (primary N) is 1. The van der Waals surface area contributed by atoms with Crippen molar-refractivity contribution in [3.05, 3.63) is 35.6 Å². The van der Waals surface area contributed by atoms with Gasteiger partial charge in [-0.2, -0.15) is 0 Å². The molecule has 0 radical (unpaired) electrons. The van der Waals surface area contributed by atoms with Crippen molar-refractivity contribution in [2.75, 3.05) is 6.61 Å². The van der Waals surface area contributed by atoms with E-state index in [1.165, 1.54) is 18.2 Å². The molecule has 0 saturated carbocycles. The Morgan fingerprint density at radius 2 is 2.36 bits per heavy atom. The Morgan fingerprint density at radius 3 is 2.93 bits per heavy atom. The van der Waals surface area contributed by atoms with Gasteiger partial charge in [-0.1, -0.05) is 12.1 Å². The van der Waals surface area contributed by atoms with E-state index in [1.807, 2.05) is 0 Å². The minimum Gasteiger partial charge on any atom is -0.465 e. The molecule has 0 fully saturated rings. The van der Waals surface area contributed by atoms with E-state index in [1.54, 1.807) is 13.0 Å². The highest BCUT2D eigenvalue weighted by atomic mass is 19.1. The molecular formula is C10H12FNO2. The molecule has 14 heavy (non-hydrogen) atoms. The Labute approximate surface area is 81.7 Å². The summed E-state index contributed by atoms with van der Waals surface area (Å²) in [5.41, 5.74) is 5.97. The predicted octanol–water partition coefficient (Wildman–Crippen LogP) is 1.39. The van der Waals surface area contributed by atoms with Gasteiger partial charge in [0.2, 0.25) is 0 Å². The average molecular weight is 197 g/mol. The van der Waals surface area contributed by atoms with Crippen molar-refractivity contribution in [3.63, 3.8) is 0 Å². The quantitative estimate of drug-likeness (QED) is 0.745. The maximum atomic E-state index is 12.8. The number of halogens is 1. The molecule has 1 rings (SSSR count). The van der Waals surface area contributed by atoms with Gasteiger partial charge in [-0.25, -0.2) is 9.18 Å². The van der Waals surface area contributed by atoms with Crippen LogP contribution in [0.3, 0.4) is 0 Å². The Bertz CT molecular complexity index is 328. The maximum Gasteiger partial charge on any atom is 0.327 e. The molecule has 3 nitrogen and oxygen atoms in total. The van der Waals surface area contributed by atoms with E-state index < -0.39 is 17.8 Å². The molecule has 0 aliphatic rings. The van der Waals surface area contributed by atoms with Crippen LogP contribution in [0.15, 0.2) is 24.3 Å². The number of ether oxygens (including phenoxy) is 1. The standard InChI is InChI=1S/C10H12FNO2/c1-2-14-10(13)9(12)7-4-3-5-8(11)6-7/h3-6,9H,2,12H2,1H3/t9-/m0/s1. The summed E-state index contributed by atoms with van der Waals surface area (Å²) >= 11 is 0. The van der Waals surface area contributed by atoms with Crippen molar-refractivity contribution in [3.8, 4) is 0 Å². The van der Waals surface area contributed by atoms with Crippen LogP contribution >= 0.6 is 0 Å². The van der Waals surface area contributed by atoms with Gasteiger partial charge in [-0.05, 0) is 24.6 Å². The molecule has 0 bridgehead atoms. The summed E-state index contributed by atoms with van der Waals surface area (Å²) in [5.74, 6) is -0.958. The SMILES string of the molecule is CCOC(=O)[C@@H](N)c1cccc(F)c1. The zero-order chi connectivity index (χ0) is 10.6. The summed E-state index contributed by atoms with van der Waals surface area (Å²) in [5, 5.41) is 0. The van der Waals surface area contributed by atoms with Gasteiger partial charge in [0, 0.05) is 0 Å². The fraction of sp³-hybridized carbons (Fsp3) is 0.300. The monoisotopic (exact) mass is 197 g/mol. The fourth-order valence-corrected chi connectivity index (χ4v) is 1.07. The molecule has 76 valence electrons. The lowest BCUT2D eigenvalue weighted by Gasteiger charge is -2.10. The Balaban J connectivity index is 2.78. The number of hydrogen-bond acceptors (Lipinski definition) is 3. The molecule has 2 N–H and O–H groups in total. The van der Waals surface area contributed by atoms with Gasteiger partial charge in [0.05, 0.1) is 6.61 Å². The molecule has 0 saturated heterocycles. The first-order valence-electron chi connectivity index (χ1n) is 4.33. The van der Waals surface area contributed by atoms with E-state index in [0.29, 0.717) is 5.56 Å². The third kappa shape index (κ3) is 2.53. The van der Waals surface area contributed by atoms with Crippen LogP contribution in [0, 0.1) is 5.82 Å². The molecule has 4 heteroatoms. The molecule has 1 aromatic carbocycles. The average Bonchev–Trinajstić information content (AvgIpc) is 2.17. The second-order valence-electron chi connectivity index (χ2n) is 2.78. The number of esters is 1. The molecule has 0 amide bonds. The van der Waals surface area contributed by atoms with E-state index in [2.05, 4.69) is 0 Å². The first-order chi connectivity index (χ1) is 6.65.